The van der Waals surface area contributed by atoms with E-state index < -0.39 is 0 Å². The molecule has 2 atom stereocenters. The van der Waals surface area contributed by atoms with Gasteiger partial charge in [0.15, 0.2) is 5.82 Å². The highest BCUT2D eigenvalue weighted by Crippen LogP contribution is 2.22. The number of carbonyl (C=O) groups excluding carboxylic acids is 1. The first-order valence-electron chi connectivity index (χ1n) is 7.80. The van der Waals surface area contributed by atoms with E-state index in [1.807, 2.05) is 11.6 Å². The summed E-state index contributed by atoms with van der Waals surface area (Å²) in [6, 6.07) is 0. The molecule has 1 aliphatic rings. The maximum Gasteiger partial charge on any atom is 0.223 e. The molecule has 6 heteroatoms. The molecule has 2 rings (SSSR count). The van der Waals surface area contributed by atoms with Crippen molar-refractivity contribution in [1.29, 1.82) is 0 Å². The normalized spacial score (nSPS) is 22.5. The van der Waals surface area contributed by atoms with Gasteiger partial charge in [-0.3, -0.25) is 4.79 Å². The monoisotopic (exact) mass is 294 g/mol. The first-order chi connectivity index (χ1) is 10.0. The van der Waals surface area contributed by atoms with Crippen molar-refractivity contribution >= 4 is 5.91 Å². The molecule has 1 fully saturated rings. The molecule has 6 nitrogen and oxygen atoms in total. The van der Waals surface area contributed by atoms with E-state index in [1.54, 1.807) is 0 Å². The van der Waals surface area contributed by atoms with Crippen molar-refractivity contribution in [2.24, 2.45) is 13.0 Å². The quantitative estimate of drug-likeness (QED) is 0.898. The van der Waals surface area contributed by atoms with Crippen molar-refractivity contribution in [3.63, 3.8) is 0 Å². The fraction of sp³-hybridized carbons (Fsp3) is 0.800. The Morgan fingerprint density at radius 3 is 2.86 bits per heavy atom. The minimum absolute atomic E-state index is 0.0569. The molecule has 0 bridgehead atoms. The first-order valence-corrected chi connectivity index (χ1v) is 7.80. The molecule has 118 valence electrons. The SMILES string of the molecule is CC[C@H]1C[C@H](C(=O)NCc2nnc(C(C)C)n2C)CCO1. The zero-order chi connectivity index (χ0) is 15.4. The van der Waals surface area contributed by atoms with Crippen LogP contribution in [-0.2, 0) is 23.1 Å². The van der Waals surface area contributed by atoms with Gasteiger partial charge in [0.2, 0.25) is 5.91 Å². The third kappa shape index (κ3) is 3.81. The molecule has 0 spiro atoms. The molecule has 1 amide bonds. The average Bonchev–Trinajstić information content (AvgIpc) is 2.86. The fourth-order valence-corrected chi connectivity index (χ4v) is 2.75. The van der Waals surface area contributed by atoms with Crippen molar-refractivity contribution in [3.8, 4) is 0 Å². The van der Waals surface area contributed by atoms with Gasteiger partial charge in [-0.2, -0.15) is 0 Å². The van der Waals surface area contributed by atoms with Crippen LogP contribution in [0.3, 0.4) is 0 Å². The Balaban J connectivity index is 1.89. The van der Waals surface area contributed by atoms with Crippen LogP contribution in [0.2, 0.25) is 0 Å². The van der Waals surface area contributed by atoms with Crippen molar-refractivity contribution < 1.29 is 9.53 Å². The van der Waals surface area contributed by atoms with E-state index in [-0.39, 0.29) is 17.9 Å². The molecular formula is C15H26N4O2. The maximum atomic E-state index is 12.3. The second-order valence-electron chi connectivity index (χ2n) is 6.03. The van der Waals surface area contributed by atoms with E-state index in [0.717, 1.165) is 30.9 Å². The molecular weight excluding hydrogens is 268 g/mol. The Morgan fingerprint density at radius 1 is 1.48 bits per heavy atom. The van der Waals surface area contributed by atoms with Crippen LogP contribution in [0.5, 0.6) is 0 Å². The lowest BCUT2D eigenvalue weighted by Gasteiger charge is -2.28. The van der Waals surface area contributed by atoms with Gasteiger partial charge in [-0.15, -0.1) is 10.2 Å². The minimum atomic E-state index is 0.0569. The van der Waals surface area contributed by atoms with Crippen LogP contribution in [0.1, 0.15) is 57.6 Å². The predicted molar refractivity (Wildman–Crippen MR) is 79.7 cm³/mol. The van der Waals surface area contributed by atoms with Gasteiger partial charge in [-0.05, 0) is 19.3 Å². The van der Waals surface area contributed by atoms with E-state index in [4.69, 9.17) is 4.74 Å². The van der Waals surface area contributed by atoms with Crippen molar-refractivity contribution in [2.75, 3.05) is 6.61 Å². The van der Waals surface area contributed by atoms with Crippen LogP contribution in [-0.4, -0.2) is 33.4 Å². The summed E-state index contributed by atoms with van der Waals surface area (Å²) in [6.07, 6.45) is 2.80. The largest absolute Gasteiger partial charge is 0.378 e. The molecule has 1 saturated heterocycles. The summed E-state index contributed by atoms with van der Waals surface area (Å²) in [4.78, 5) is 12.3. The van der Waals surface area contributed by atoms with Crippen LogP contribution >= 0.6 is 0 Å². The molecule has 21 heavy (non-hydrogen) atoms. The number of hydrogen-bond acceptors (Lipinski definition) is 4. The Morgan fingerprint density at radius 2 is 2.24 bits per heavy atom. The van der Waals surface area contributed by atoms with Crippen LogP contribution in [0, 0.1) is 5.92 Å². The summed E-state index contributed by atoms with van der Waals surface area (Å²) in [5, 5.41) is 11.3. The van der Waals surface area contributed by atoms with Gasteiger partial charge in [-0.1, -0.05) is 20.8 Å². The molecule has 2 heterocycles. The van der Waals surface area contributed by atoms with Gasteiger partial charge in [-0.25, -0.2) is 0 Å². The molecule has 1 N–H and O–H groups in total. The van der Waals surface area contributed by atoms with Crippen LogP contribution < -0.4 is 5.32 Å². The summed E-state index contributed by atoms with van der Waals surface area (Å²) in [5.74, 6) is 2.22. The molecule has 1 aromatic rings. The third-order valence-electron chi connectivity index (χ3n) is 4.13. The summed E-state index contributed by atoms with van der Waals surface area (Å²) in [6.45, 7) is 7.37. The number of ether oxygens (including phenoxy) is 1. The Kier molecular flexibility index (Phi) is 5.33. The molecule has 1 aromatic heterocycles. The molecule has 0 unspecified atom stereocenters. The van der Waals surface area contributed by atoms with Crippen LogP contribution in [0.25, 0.3) is 0 Å². The second kappa shape index (κ2) is 7.02. The smallest absolute Gasteiger partial charge is 0.223 e. The summed E-state index contributed by atoms with van der Waals surface area (Å²) < 4.78 is 7.57. The number of nitrogens with one attached hydrogen (secondary N) is 1. The summed E-state index contributed by atoms with van der Waals surface area (Å²) in [5.41, 5.74) is 0. The number of aromatic nitrogens is 3. The Bertz CT molecular complexity index is 484. The Labute approximate surface area is 126 Å². The van der Waals surface area contributed by atoms with Crippen molar-refractivity contribution in [2.45, 2.75) is 58.6 Å². The summed E-state index contributed by atoms with van der Waals surface area (Å²) in [7, 11) is 1.94. The maximum absolute atomic E-state index is 12.3. The minimum Gasteiger partial charge on any atom is -0.378 e. The van der Waals surface area contributed by atoms with Crippen molar-refractivity contribution in [3.05, 3.63) is 11.6 Å². The lowest BCUT2D eigenvalue weighted by Crippen LogP contribution is -2.37. The van der Waals surface area contributed by atoms with E-state index in [0.29, 0.717) is 19.1 Å². The van der Waals surface area contributed by atoms with Crippen LogP contribution in [0.15, 0.2) is 0 Å². The van der Waals surface area contributed by atoms with E-state index in [2.05, 4.69) is 36.3 Å². The summed E-state index contributed by atoms with van der Waals surface area (Å²) >= 11 is 0. The van der Waals surface area contributed by atoms with Gasteiger partial charge >= 0.3 is 0 Å². The lowest BCUT2D eigenvalue weighted by atomic mass is 9.93. The third-order valence-corrected chi connectivity index (χ3v) is 4.13. The van der Waals surface area contributed by atoms with Gasteiger partial charge in [0.25, 0.3) is 0 Å². The highest BCUT2D eigenvalue weighted by atomic mass is 16.5. The van der Waals surface area contributed by atoms with Gasteiger partial charge in [0.05, 0.1) is 12.6 Å². The number of hydrogen-bond donors (Lipinski definition) is 1. The zero-order valence-electron chi connectivity index (χ0n) is 13.4. The number of carbonyl (C=O) groups is 1. The van der Waals surface area contributed by atoms with Gasteiger partial charge < -0.3 is 14.6 Å². The average molecular weight is 294 g/mol. The Hall–Kier alpha value is -1.43. The highest BCUT2D eigenvalue weighted by Gasteiger charge is 2.27. The van der Waals surface area contributed by atoms with E-state index in [1.165, 1.54) is 0 Å². The van der Waals surface area contributed by atoms with E-state index >= 15 is 0 Å². The number of amides is 1. The second-order valence-corrected chi connectivity index (χ2v) is 6.03. The molecule has 0 aliphatic carbocycles. The molecule has 0 saturated carbocycles. The molecule has 0 radical (unpaired) electrons. The van der Waals surface area contributed by atoms with Gasteiger partial charge in [0, 0.05) is 25.5 Å². The lowest BCUT2D eigenvalue weighted by molar-refractivity contribution is -0.130. The van der Waals surface area contributed by atoms with E-state index in [9.17, 15) is 4.79 Å². The molecule has 1 aliphatic heterocycles. The topological polar surface area (TPSA) is 69.0 Å². The van der Waals surface area contributed by atoms with Gasteiger partial charge in [0.1, 0.15) is 5.82 Å². The standard InChI is InChI=1S/C15H26N4O2/c1-5-12-8-11(6-7-21-12)15(20)16-9-13-17-18-14(10(2)3)19(13)4/h10-12H,5-9H2,1-4H3,(H,16,20)/t11-,12+/m1/s1. The number of rotatable bonds is 5. The fourth-order valence-electron chi connectivity index (χ4n) is 2.75. The van der Waals surface area contributed by atoms with Crippen LogP contribution in [0.4, 0.5) is 0 Å². The molecule has 0 aromatic carbocycles. The first kappa shape index (κ1) is 15.9. The zero-order valence-corrected chi connectivity index (χ0v) is 13.4. The van der Waals surface area contributed by atoms with Crippen molar-refractivity contribution in [1.82, 2.24) is 20.1 Å². The number of nitrogens with zero attached hydrogens (tertiary/aromatic N) is 3. The highest BCUT2D eigenvalue weighted by molar-refractivity contribution is 5.78. The predicted octanol–water partition coefficient (Wildman–Crippen LogP) is 1.76.